The van der Waals surface area contributed by atoms with E-state index in [0.29, 0.717) is 5.82 Å². The number of amides is 1. The molecule has 0 spiro atoms. The van der Waals surface area contributed by atoms with Gasteiger partial charge in [0, 0.05) is 11.1 Å². The molecular formula is C12H17N3O. The number of pyridine rings is 1. The molecular weight excluding hydrogens is 202 g/mol. The fraction of sp³-hybridized carbons (Fsp3) is 0.500. The highest BCUT2D eigenvalue weighted by Gasteiger charge is 2.44. The number of carbonyl (C=O) groups is 1. The smallest absolute Gasteiger partial charge is 0.244 e. The van der Waals surface area contributed by atoms with Crippen molar-refractivity contribution < 1.29 is 4.79 Å². The number of aryl methyl sites for hydroxylation is 2. The van der Waals surface area contributed by atoms with Gasteiger partial charge in [-0.25, -0.2) is 4.98 Å². The summed E-state index contributed by atoms with van der Waals surface area (Å²) in [5.74, 6) is 0.730. The molecule has 0 aliphatic heterocycles. The van der Waals surface area contributed by atoms with Crippen molar-refractivity contribution in [3.05, 3.63) is 23.4 Å². The normalized spacial score (nSPS) is 16.7. The molecule has 1 fully saturated rings. The van der Waals surface area contributed by atoms with Gasteiger partial charge < -0.3 is 0 Å². The summed E-state index contributed by atoms with van der Waals surface area (Å²) in [4.78, 5) is 16.0. The van der Waals surface area contributed by atoms with Gasteiger partial charge in [-0.05, 0) is 38.3 Å². The summed E-state index contributed by atoms with van der Waals surface area (Å²) < 4.78 is 0. The van der Waals surface area contributed by atoms with Crippen molar-refractivity contribution in [1.29, 1.82) is 0 Å². The second-order valence-corrected chi connectivity index (χ2v) is 4.74. The van der Waals surface area contributed by atoms with Crippen molar-refractivity contribution in [2.45, 2.75) is 33.6 Å². The van der Waals surface area contributed by atoms with E-state index >= 15 is 0 Å². The number of hydrogen-bond acceptors (Lipinski definition) is 3. The van der Waals surface area contributed by atoms with Gasteiger partial charge >= 0.3 is 0 Å². The lowest BCUT2D eigenvalue weighted by Gasteiger charge is -2.12. The van der Waals surface area contributed by atoms with Crippen LogP contribution in [-0.2, 0) is 4.79 Å². The van der Waals surface area contributed by atoms with Gasteiger partial charge in [-0.1, -0.05) is 13.0 Å². The van der Waals surface area contributed by atoms with Crippen LogP contribution < -0.4 is 10.9 Å². The molecule has 2 rings (SSSR count). The van der Waals surface area contributed by atoms with E-state index in [0.717, 1.165) is 24.1 Å². The first-order valence-corrected chi connectivity index (χ1v) is 5.52. The average Bonchev–Trinajstić information content (AvgIpc) is 2.99. The molecule has 4 heteroatoms. The summed E-state index contributed by atoms with van der Waals surface area (Å²) in [7, 11) is 0. The van der Waals surface area contributed by atoms with Crippen LogP contribution in [0.1, 0.15) is 31.0 Å². The van der Waals surface area contributed by atoms with Crippen molar-refractivity contribution in [2.75, 3.05) is 5.43 Å². The fourth-order valence-electron chi connectivity index (χ4n) is 1.39. The Hall–Kier alpha value is -1.58. The van der Waals surface area contributed by atoms with Crippen LogP contribution in [-0.4, -0.2) is 10.9 Å². The van der Waals surface area contributed by atoms with Crippen LogP contribution in [0.3, 0.4) is 0 Å². The van der Waals surface area contributed by atoms with Crippen LogP contribution in [0.15, 0.2) is 12.1 Å². The maximum atomic E-state index is 11.7. The van der Waals surface area contributed by atoms with E-state index in [2.05, 4.69) is 15.8 Å². The molecule has 2 N–H and O–H groups in total. The van der Waals surface area contributed by atoms with Crippen LogP contribution >= 0.6 is 0 Å². The Balaban J connectivity index is 1.94. The molecule has 1 saturated carbocycles. The highest BCUT2D eigenvalue weighted by atomic mass is 16.2. The van der Waals surface area contributed by atoms with Gasteiger partial charge in [0.15, 0.2) is 0 Å². The second kappa shape index (κ2) is 3.77. The molecule has 0 radical (unpaired) electrons. The lowest BCUT2D eigenvalue weighted by atomic mass is 10.1. The minimum Gasteiger partial charge on any atom is -0.282 e. The van der Waals surface area contributed by atoms with Crippen molar-refractivity contribution in [1.82, 2.24) is 10.4 Å². The maximum absolute atomic E-state index is 11.7. The summed E-state index contributed by atoms with van der Waals surface area (Å²) in [6, 6.07) is 3.84. The zero-order valence-corrected chi connectivity index (χ0v) is 9.92. The molecule has 16 heavy (non-hydrogen) atoms. The Kier molecular flexibility index (Phi) is 2.58. The van der Waals surface area contributed by atoms with Crippen LogP contribution in [0.2, 0.25) is 0 Å². The first-order chi connectivity index (χ1) is 7.51. The first-order valence-electron chi connectivity index (χ1n) is 5.52. The molecule has 86 valence electrons. The Morgan fingerprint density at radius 3 is 2.62 bits per heavy atom. The van der Waals surface area contributed by atoms with Gasteiger partial charge in [-0.2, -0.15) is 0 Å². The first kappa shape index (κ1) is 10.9. The number of aromatic nitrogens is 1. The molecule has 1 heterocycles. The predicted molar refractivity (Wildman–Crippen MR) is 62.8 cm³/mol. The molecule has 4 nitrogen and oxygen atoms in total. The zero-order valence-electron chi connectivity index (χ0n) is 9.92. The van der Waals surface area contributed by atoms with E-state index in [4.69, 9.17) is 0 Å². The third-order valence-electron chi connectivity index (χ3n) is 3.20. The van der Waals surface area contributed by atoms with Crippen LogP contribution in [0, 0.1) is 19.3 Å². The summed E-state index contributed by atoms with van der Waals surface area (Å²) in [5, 5.41) is 0. The van der Waals surface area contributed by atoms with Gasteiger partial charge in [0.05, 0.1) is 0 Å². The van der Waals surface area contributed by atoms with Gasteiger partial charge in [-0.3, -0.25) is 15.6 Å². The molecule has 1 aromatic rings. The van der Waals surface area contributed by atoms with Crippen molar-refractivity contribution in [2.24, 2.45) is 5.41 Å². The Morgan fingerprint density at radius 2 is 2.06 bits per heavy atom. The monoisotopic (exact) mass is 219 g/mol. The number of rotatable bonds is 3. The van der Waals surface area contributed by atoms with Gasteiger partial charge in [0.25, 0.3) is 0 Å². The number of nitrogens with zero attached hydrogens (tertiary/aromatic N) is 1. The molecule has 0 bridgehead atoms. The minimum atomic E-state index is -0.160. The largest absolute Gasteiger partial charge is 0.282 e. The topological polar surface area (TPSA) is 54.0 Å². The molecule has 1 aliphatic carbocycles. The van der Waals surface area contributed by atoms with Crippen LogP contribution in [0.25, 0.3) is 0 Å². The number of nitrogens with one attached hydrogen (secondary N) is 2. The molecule has 0 atom stereocenters. The summed E-state index contributed by atoms with van der Waals surface area (Å²) in [6.07, 6.45) is 1.95. The van der Waals surface area contributed by atoms with E-state index in [1.807, 2.05) is 32.9 Å². The van der Waals surface area contributed by atoms with Crippen LogP contribution in [0.5, 0.6) is 0 Å². The highest BCUT2D eigenvalue weighted by molar-refractivity contribution is 5.85. The highest BCUT2D eigenvalue weighted by Crippen LogP contribution is 2.44. The standard InChI is InChI=1S/C12H17N3O/c1-8-4-5-10(13-9(8)2)14-15-11(16)12(3)6-7-12/h4-5H,6-7H2,1-3H3,(H,13,14)(H,15,16). The number of hydrogen-bond donors (Lipinski definition) is 2. The number of anilines is 1. The third kappa shape index (κ3) is 2.15. The molecule has 1 amide bonds. The lowest BCUT2D eigenvalue weighted by molar-refractivity contribution is -0.125. The Morgan fingerprint density at radius 1 is 1.38 bits per heavy atom. The molecule has 1 aliphatic rings. The van der Waals surface area contributed by atoms with Crippen molar-refractivity contribution in [3.8, 4) is 0 Å². The van der Waals surface area contributed by atoms with Gasteiger partial charge in [0.1, 0.15) is 5.82 Å². The second-order valence-electron chi connectivity index (χ2n) is 4.74. The maximum Gasteiger partial charge on any atom is 0.244 e. The Labute approximate surface area is 95.4 Å². The van der Waals surface area contributed by atoms with Crippen molar-refractivity contribution in [3.63, 3.8) is 0 Å². The average molecular weight is 219 g/mol. The van der Waals surface area contributed by atoms with E-state index in [1.165, 1.54) is 0 Å². The van der Waals surface area contributed by atoms with Gasteiger partial charge in [-0.15, -0.1) is 0 Å². The molecule has 0 saturated heterocycles. The van der Waals surface area contributed by atoms with E-state index < -0.39 is 0 Å². The minimum absolute atomic E-state index is 0.0486. The van der Waals surface area contributed by atoms with Crippen LogP contribution in [0.4, 0.5) is 5.82 Å². The van der Waals surface area contributed by atoms with Crippen molar-refractivity contribution >= 4 is 11.7 Å². The number of hydrazine groups is 1. The van der Waals surface area contributed by atoms with E-state index in [9.17, 15) is 4.79 Å². The molecule has 1 aromatic heterocycles. The Bertz CT molecular complexity index is 424. The fourth-order valence-corrected chi connectivity index (χ4v) is 1.39. The van der Waals surface area contributed by atoms with Gasteiger partial charge in [0.2, 0.25) is 5.91 Å². The number of carbonyl (C=O) groups excluding carboxylic acids is 1. The lowest BCUT2D eigenvalue weighted by Crippen LogP contribution is -2.35. The third-order valence-corrected chi connectivity index (χ3v) is 3.20. The SMILES string of the molecule is Cc1ccc(NNC(=O)C2(C)CC2)nc1C. The zero-order chi connectivity index (χ0) is 11.8. The molecule has 0 unspecified atom stereocenters. The summed E-state index contributed by atoms with van der Waals surface area (Å²) >= 11 is 0. The quantitative estimate of drug-likeness (QED) is 0.764. The summed E-state index contributed by atoms with van der Waals surface area (Å²) in [6.45, 7) is 5.93. The summed E-state index contributed by atoms with van der Waals surface area (Å²) in [5.41, 5.74) is 7.50. The van der Waals surface area contributed by atoms with E-state index in [1.54, 1.807) is 0 Å². The van der Waals surface area contributed by atoms with E-state index in [-0.39, 0.29) is 11.3 Å². The molecule has 0 aromatic carbocycles. The predicted octanol–water partition coefficient (Wildman–Crippen LogP) is 1.94.